The zero-order valence-corrected chi connectivity index (χ0v) is 19.9. The Morgan fingerprint density at radius 1 is 0.833 bits per heavy atom. The third-order valence-corrected chi connectivity index (χ3v) is 5.01. The first-order valence-corrected chi connectivity index (χ1v) is 11.0. The molecule has 0 aliphatic carbocycles. The molecule has 30 heavy (non-hydrogen) atoms. The highest BCUT2D eigenvalue weighted by molar-refractivity contribution is 7.15. The first kappa shape index (κ1) is 25.8. The molecular weight excluding hydrogens is 386 g/mol. The summed E-state index contributed by atoms with van der Waals surface area (Å²) >= 11 is 1.58. The number of rotatable bonds is 3. The van der Waals surface area contributed by atoms with Crippen molar-refractivity contribution in [1.82, 2.24) is 10.2 Å². The normalized spacial score (nSPS) is 11.2. The van der Waals surface area contributed by atoms with Crippen molar-refractivity contribution < 1.29 is 0 Å². The summed E-state index contributed by atoms with van der Waals surface area (Å²) in [5.74, 6) is 0. The van der Waals surface area contributed by atoms with Crippen molar-refractivity contribution in [3.63, 3.8) is 0 Å². The topological polar surface area (TPSA) is 37.8 Å². The molecular formula is C26H39N3S. The molecule has 1 heterocycles. The predicted octanol–water partition coefficient (Wildman–Crippen LogP) is 7.94. The lowest BCUT2D eigenvalue weighted by molar-refractivity contribution is 0.410. The molecule has 3 aromatic rings. The molecule has 0 radical (unpaired) electrons. The molecule has 2 aromatic carbocycles. The van der Waals surface area contributed by atoms with Crippen molar-refractivity contribution in [3.8, 4) is 11.1 Å². The molecule has 0 saturated heterocycles. The maximum atomic E-state index is 3.96. The van der Waals surface area contributed by atoms with Gasteiger partial charge in [-0.25, -0.2) is 0 Å². The maximum absolute atomic E-state index is 3.96. The molecule has 0 atom stereocenters. The molecule has 0 amide bonds. The Morgan fingerprint density at radius 2 is 1.47 bits per heavy atom. The zero-order chi connectivity index (χ0) is 21.7. The monoisotopic (exact) mass is 425 g/mol. The quantitative estimate of drug-likeness (QED) is 0.463. The molecule has 0 saturated carbocycles. The highest BCUT2D eigenvalue weighted by Gasteiger charge is 2.14. The fraction of sp³-hybridized carbons (Fsp3) is 0.462. The Bertz CT molecular complexity index is 900. The van der Waals surface area contributed by atoms with Crippen LogP contribution in [0.4, 0.5) is 5.13 Å². The van der Waals surface area contributed by atoms with Crippen molar-refractivity contribution in [1.29, 1.82) is 0 Å². The lowest BCUT2D eigenvalue weighted by Crippen LogP contribution is -2.25. The van der Waals surface area contributed by atoms with Crippen molar-refractivity contribution >= 4 is 16.5 Å². The number of hydrogen-bond acceptors (Lipinski definition) is 4. The molecule has 1 aromatic heterocycles. The van der Waals surface area contributed by atoms with Crippen molar-refractivity contribution in [2.75, 3.05) is 5.32 Å². The molecule has 0 unspecified atom stereocenters. The number of aromatic nitrogens is 2. The SMILES string of the molecule is C.Cc1c(CC(C)(C)C)cccc1-c1ccccc1.Cc1nnc(NC(C)(C)C)s1. The van der Waals surface area contributed by atoms with Gasteiger partial charge in [-0.3, -0.25) is 0 Å². The molecule has 1 N–H and O–H groups in total. The average Bonchev–Trinajstić information content (AvgIpc) is 3.00. The van der Waals surface area contributed by atoms with Crippen LogP contribution in [0.25, 0.3) is 11.1 Å². The second kappa shape index (κ2) is 10.7. The van der Waals surface area contributed by atoms with Crippen LogP contribution in [-0.4, -0.2) is 15.7 Å². The molecule has 0 spiro atoms. The van der Waals surface area contributed by atoms with E-state index in [9.17, 15) is 0 Å². The van der Waals surface area contributed by atoms with Crippen LogP contribution in [0.5, 0.6) is 0 Å². The van der Waals surface area contributed by atoms with Gasteiger partial charge in [-0.1, -0.05) is 88.1 Å². The van der Waals surface area contributed by atoms with E-state index in [4.69, 9.17) is 0 Å². The van der Waals surface area contributed by atoms with Gasteiger partial charge >= 0.3 is 0 Å². The van der Waals surface area contributed by atoms with E-state index in [0.717, 1.165) is 16.6 Å². The van der Waals surface area contributed by atoms with E-state index in [2.05, 4.69) is 113 Å². The van der Waals surface area contributed by atoms with Crippen LogP contribution in [0, 0.1) is 19.3 Å². The molecule has 0 aliphatic heterocycles. The number of hydrogen-bond donors (Lipinski definition) is 1. The summed E-state index contributed by atoms with van der Waals surface area (Å²) in [5, 5.41) is 13.0. The minimum absolute atomic E-state index is 0. The molecule has 164 valence electrons. The molecule has 3 rings (SSSR count). The second-order valence-corrected chi connectivity index (χ2v) is 10.9. The smallest absolute Gasteiger partial charge is 0.206 e. The van der Waals surface area contributed by atoms with Gasteiger partial charge in [0, 0.05) is 5.54 Å². The van der Waals surface area contributed by atoms with E-state index in [1.807, 2.05) is 6.92 Å². The van der Waals surface area contributed by atoms with Crippen LogP contribution in [0.15, 0.2) is 48.5 Å². The van der Waals surface area contributed by atoms with E-state index in [1.54, 1.807) is 11.3 Å². The Balaban J connectivity index is 0.000000324. The van der Waals surface area contributed by atoms with Crippen molar-refractivity contribution in [2.24, 2.45) is 5.41 Å². The standard InChI is InChI=1S/C18H22.C7H13N3S.CH4/c1-14-16(13-18(2,3)4)11-8-12-17(14)15-9-6-5-7-10-15;1-5-9-10-6(11-5)8-7(2,3)4;/h5-12H,13H2,1-4H3;1-4H3,(H,8,10);1H4. The van der Waals surface area contributed by atoms with Crippen molar-refractivity contribution in [2.45, 2.75) is 74.8 Å². The van der Waals surface area contributed by atoms with Crippen LogP contribution in [0.2, 0.25) is 0 Å². The first-order valence-electron chi connectivity index (χ1n) is 10.2. The summed E-state index contributed by atoms with van der Waals surface area (Å²) in [5.41, 5.74) is 5.96. The van der Waals surface area contributed by atoms with Gasteiger partial charge in [0.25, 0.3) is 0 Å². The third kappa shape index (κ3) is 8.66. The fourth-order valence-corrected chi connectivity index (χ4v) is 3.84. The second-order valence-electron chi connectivity index (χ2n) is 9.69. The van der Waals surface area contributed by atoms with E-state index >= 15 is 0 Å². The predicted molar refractivity (Wildman–Crippen MR) is 135 cm³/mol. The molecule has 0 fully saturated rings. The van der Waals surface area contributed by atoms with E-state index < -0.39 is 0 Å². The lowest BCUT2D eigenvalue weighted by Gasteiger charge is -2.21. The van der Waals surface area contributed by atoms with E-state index in [0.29, 0.717) is 5.41 Å². The third-order valence-electron chi connectivity index (χ3n) is 4.26. The Hall–Kier alpha value is -2.20. The summed E-state index contributed by atoms with van der Waals surface area (Å²) in [6.45, 7) is 17.4. The van der Waals surface area contributed by atoms with E-state index in [1.165, 1.54) is 22.3 Å². The highest BCUT2D eigenvalue weighted by atomic mass is 32.1. The van der Waals surface area contributed by atoms with Gasteiger partial charge in [-0.2, -0.15) is 0 Å². The zero-order valence-electron chi connectivity index (χ0n) is 19.1. The number of aryl methyl sites for hydroxylation is 1. The summed E-state index contributed by atoms with van der Waals surface area (Å²) in [7, 11) is 0. The van der Waals surface area contributed by atoms with Crippen LogP contribution < -0.4 is 5.32 Å². The fourth-order valence-electron chi connectivity index (χ4n) is 3.04. The molecule has 3 nitrogen and oxygen atoms in total. The van der Waals surface area contributed by atoms with Crippen molar-refractivity contribution in [3.05, 3.63) is 64.7 Å². The van der Waals surface area contributed by atoms with Crippen LogP contribution in [0.1, 0.15) is 65.1 Å². The minimum atomic E-state index is 0. The minimum Gasteiger partial charge on any atom is -0.355 e. The van der Waals surface area contributed by atoms with Gasteiger partial charge < -0.3 is 5.32 Å². The highest BCUT2D eigenvalue weighted by Crippen LogP contribution is 2.29. The Kier molecular flexibility index (Phi) is 9.23. The van der Waals surface area contributed by atoms with Gasteiger partial charge in [-0.05, 0) is 68.7 Å². The van der Waals surface area contributed by atoms with Crippen LogP contribution >= 0.6 is 11.3 Å². The van der Waals surface area contributed by atoms with Crippen LogP contribution in [-0.2, 0) is 6.42 Å². The molecule has 0 bridgehead atoms. The lowest BCUT2D eigenvalue weighted by atomic mass is 9.84. The molecule has 4 heteroatoms. The number of nitrogens with one attached hydrogen (secondary N) is 1. The van der Waals surface area contributed by atoms with E-state index in [-0.39, 0.29) is 13.0 Å². The summed E-state index contributed by atoms with van der Waals surface area (Å²) in [6.07, 6.45) is 1.12. The summed E-state index contributed by atoms with van der Waals surface area (Å²) in [6, 6.07) is 17.3. The molecule has 0 aliphatic rings. The number of benzene rings is 2. The van der Waals surface area contributed by atoms with Crippen LogP contribution in [0.3, 0.4) is 0 Å². The van der Waals surface area contributed by atoms with Gasteiger partial charge in [0.05, 0.1) is 0 Å². The largest absolute Gasteiger partial charge is 0.355 e. The van der Waals surface area contributed by atoms with Gasteiger partial charge in [-0.15, -0.1) is 10.2 Å². The number of anilines is 1. The first-order chi connectivity index (χ1) is 13.4. The maximum Gasteiger partial charge on any atom is 0.206 e. The summed E-state index contributed by atoms with van der Waals surface area (Å²) < 4.78 is 0. The average molecular weight is 426 g/mol. The Morgan fingerprint density at radius 3 is 1.97 bits per heavy atom. The van der Waals surface area contributed by atoms with Gasteiger partial charge in [0.2, 0.25) is 5.13 Å². The number of nitrogens with zero attached hydrogens (tertiary/aromatic N) is 2. The Labute approximate surface area is 188 Å². The van der Waals surface area contributed by atoms with Gasteiger partial charge in [0.15, 0.2) is 0 Å². The summed E-state index contributed by atoms with van der Waals surface area (Å²) in [4.78, 5) is 0. The van der Waals surface area contributed by atoms with Gasteiger partial charge in [0.1, 0.15) is 5.01 Å².